The van der Waals surface area contributed by atoms with Crippen LogP contribution in [0.25, 0.3) is 0 Å². The molecule has 0 aliphatic heterocycles. The quantitative estimate of drug-likeness (QED) is 0.659. The molecule has 7 nitrogen and oxygen atoms in total. The van der Waals surface area contributed by atoms with Crippen molar-refractivity contribution in [3.05, 3.63) is 71.5 Å². The molecule has 1 N–H and O–H groups in total. The summed E-state index contributed by atoms with van der Waals surface area (Å²) < 4.78 is 27.7. The van der Waals surface area contributed by atoms with Gasteiger partial charge in [0.25, 0.3) is 10.0 Å². The Morgan fingerprint density at radius 2 is 1.75 bits per heavy atom. The van der Waals surface area contributed by atoms with Crippen LogP contribution in [0.2, 0.25) is 0 Å². The lowest BCUT2D eigenvalue weighted by Gasteiger charge is -2.17. The van der Waals surface area contributed by atoms with E-state index < -0.39 is 10.0 Å². The van der Waals surface area contributed by atoms with Crippen LogP contribution in [0.5, 0.6) is 0 Å². The Balaban J connectivity index is 1.66. The number of hydrogen-bond donors (Lipinski definition) is 1. The molecule has 146 valence electrons. The van der Waals surface area contributed by atoms with E-state index in [-0.39, 0.29) is 10.7 Å². The normalized spacial score (nSPS) is 11.2. The van der Waals surface area contributed by atoms with Crippen LogP contribution in [0.4, 0.5) is 11.6 Å². The average Bonchev–Trinajstić information content (AvgIpc) is 2.67. The molecule has 1 aromatic carbocycles. The van der Waals surface area contributed by atoms with Gasteiger partial charge in [0, 0.05) is 26.0 Å². The summed E-state index contributed by atoms with van der Waals surface area (Å²) in [5.74, 6) is 0.856. The lowest BCUT2D eigenvalue weighted by atomic mass is 10.2. The van der Waals surface area contributed by atoms with Crippen LogP contribution in [0, 0.1) is 13.8 Å². The Hall–Kier alpha value is -3.00. The number of anilines is 2. The Bertz CT molecular complexity index is 1040. The van der Waals surface area contributed by atoms with Crippen LogP contribution in [0.15, 0.2) is 59.8 Å². The van der Waals surface area contributed by atoms with E-state index in [9.17, 15) is 8.42 Å². The summed E-state index contributed by atoms with van der Waals surface area (Å²) in [4.78, 5) is 6.21. The smallest absolute Gasteiger partial charge is 0.263 e. The molecular formula is C20H23N5O2S. The summed E-state index contributed by atoms with van der Waals surface area (Å²) in [5.41, 5.74) is 2.89. The van der Waals surface area contributed by atoms with Crippen molar-refractivity contribution in [2.75, 3.05) is 23.2 Å². The fraction of sp³-hybridized carbons (Fsp3) is 0.250. The summed E-state index contributed by atoms with van der Waals surface area (Å²) in [7, 11) is -1.79. The van der Waals surface area contributed by atoms with Crippen LogP contribution in [-0.4, -0.2) is 37.2 Å². The minimum absolute atomic E-state index is 0.186. The van der Waals surface area contributed by atoms with Crippen LogP contribution >= 0.6 is 0 Å². The van der Waals surface area contributed by atoms with Gasteiger partial charge in [-0.2, -0.15) is 0 Å². The molecular weight excluding hydrogens is 374 g/mol. The molecule has 8 heteroatoms. The van der Waals surface area contributed by atoms with Gasteiger partial charge in [-0.1, -0.05) is 17.7 Å². The van der Waals surface area contributed by atoms with Gasteiger partial charge < -0.3 is 4.90 Å². The molecule has 0 radical (unpaired) electrons. The first-order valence-electron chi connectivity index (χ1n) is 8.89. The molecule has 0 spiro atoms. The molecule has 0 unspecified atom stereocenters. The number of rotatable bonds is 7. The molecule has 0 aliphatic carbocycles. The first-order valence-corrected chi connectivity index (χ1v) is 10.4. The molecule has 0 aliphatic rings. The highest BCUT2D eigenvalue weighted by atomic mass is 32.2. The third-order valence-corrected chi connectivity index (χ3v) is 5.90. The number of hydrogen-bond acceptors (Lipinski definition) is 6. The van der Waals surface area contributed by atoms with Crippen molar-refractivity contribution in [2.45, 2.75) is 25.2 Å². The summed E-state index contributed by atoms with van der Waals surface area (Å²) in [6.07, 6.45) is 4.39. The van der Waals surface area contributed by atoms with Crippen molar-refractivity contribution < 1.29 is 8.42 Å². The van der Waals surface area contributed by atoms with Gasteiger partial charge >= 0.3 is 0 Å². The first kappa shape index (κ1) is 19.8. The van der Waals surface area contributed by atoms with Crippen molar-refractivity contribution in [1.29, 1.82) is 0 Å². The number of pyridine rings is 1. The van der Waals surface area contributed by atoms with E-state index in [1.165, 1.54) is 5.56 Å². The van der Waals surface area contributed by atoms with E-state index >= 15 is 0 Å². The summed E-state index contributed by atoms with van der Waals surface area (Å²) in [6, 6.07) is 12.5. The highest BCUT2D eigenvalue weighted by Crippen LogP contribution is 2.20. The van der Waals surface area contributed by atoms with Gasteiger partial charge in [0.05, 0.1) is 4.90 Å². The molecule has 0 saturated carbocycles. The molecule has 0 saturated heterocycles. The minimum Gasteiger partial charge on any atom is -0.358 e. The Labute approximate surface area is 165 Å². The van der Waals surface area contributed by atoms with Crippen LogP contribution in [-0.2, 0) is 16.4 Å². The van der Waals surface area contributed by atoms with Gasteiger partial charge in [0.1, 0.15) is 0 Å². The average molecular weight is 398 g/mol. The minimum atomic E-state index is -3.71. The SMILES string of the molecule is Cc1ccc(S(=O)(=O)Nc2ccc(N(C)CCc3ccncc3)nn2)c(C)c1. The molecule has 0 bridgehead atoms. The zero-order valence-electron chi connectivity index (χ0n) is 16.1. The number of sulfonamides is 1. The Morgan fingerprint density at radius 1 is 1.00 bits per heavy atom. The van der Waals surface area contributed by atoms with E-state index in [1.54, 1.807) is 43.6 Å². The van der Waals surface area contributed by atoms with Gasteiger partial charge in [0.2, 0.25) is 0 Å². The lowest BCUT2D eigenvalue weighted by Crippen LogP contribution is -2.22. The highest BCUT2D eigenvalue weighted by Gasteiger charge is 2.18. The topological polar surface area (TPSA) is 88.1 Å². The number of nitrogens with one attached hydrogen (secondary N) is 1. The molecule has 0 amide bonds. The van der Waals surface area contributed by atoms with Gasteiger partial charge in [-0.15, -0.1) is 10.2 Å². The van der Waals surface area contributed by atoms with Crippen molar-refractivity contribution in [2.24, 2.45) is 0 Å². The van der Waals surface area contributed by atoms with Gasteiger partial charge in [-0.05, 0) is 61.7 Å². The second-order valence-corrected chi connectivity index (χ2v) is 8.33. The standard InChI is InChI=1S/C20H23N5O2S/c1-15-4-5-18(16(2)14-15)28(26,27)24-19-6-7-20(23-22-19)25(3)13-10-17-8-11-21-12-9-17/h4-9,11-12,14H,10,13H2,1-3H3,(H,22,24). The molecule has 0 fully saturated rings. The van der Waals surface area contributed by atoms with E-state index in [0.717, 1.165) is 18.5 Å². The fourth-order valence-electron chi connectivity index (χ4n) is 2.84. The van der Waals surface area contributed by atoms with Crippen molar-refractivity contribution in [3.8, 4) is 0 Å². The highest BCUT2D eigenvalue weighted by molar-refractivity contribution is 7.92. The maximum Gasteiger partial charge on any atom is 0.263 e. The summed E-state index contributed by atoms with van der Waals surface area (Å²) in [6.45, 7) is 4.45. The third-order valence-electron chi connectivity index (χ3n) is 4.39. The summed E-state index contributed by atoms with van der Waals surface area (Å²) >= 11 is 0. The van der Waals surface area contributed by atoms with E-state index in [4.69, 9.17) is 0 Å². The second-order valence-electron chi connectivity index (χ2n) is 6.68. The zero-order valence-corrected chi connectivity index (χ0v) is 16.9. The zero-order chi connectivity index (χ0) is 20.1. The lowest BCUT2D eigenvalue weighted by molar-refractivity contribution is 0.600. The monoisotopic (exact) mass is 397 g/mol. The Kier molecular flexibility index (Phi) is 5.89. The third kappa shape index (κ3) is 4.83. The van der Waals surface area contributed by atoms with Crippen LogP contribution in [0.3, 0.4) is 0 Å². The van der Waals surface area contributed by atoms with E-state index in [2.05, 4.69) is 19.9 Å². The predicted octanol–water partition coefficient (Wildman–Crippen LogP) is 2.97. The van der Waals surface area contributed by atoms with Crippen LogP contribution in [0.1, 0.15) is 16.7 Å². The number of benzene rings is 1. The number of likely N-dealkylation sites (N-methyl/N-ethyl adjacent to an activating group) is 1. The largest absolute Gasteiger partial charge is 0.358 e. The molecule has 28 heavy (non-hydrogen) atoms. The molecule has 2 heterocycles. The van der Waals surface area contributed by atoms with Gasteiger partial charge in [-0.3, -0.25) is 9.71 Å². The maximum atomic E-state index is 12.6. The van der Waals surface area contributed by atoms with E-state index in [1.807, 2.05) is 37.1 Å². The number of aryl methyl sites for hydroxylation is 2. The summed E-state index contributed by atoms with van der Waals surface area (Å²) in [5, 5.41) is 8.16. The van der Waals surface area contributed by atoms with Crippen molar-refractivity contribution in [3.63, 3.8) is 0 Å². The maximum absolute atomic E-state index is 12.6. The second kappa shape index (κ2) is 8.35. The van der Waals surface area contributed by atoms with Gasteiger partial charge in [-0.25, -0.2) is 8.42 Å². The Morgan fingerprint density at radius 3 is 2.39 bits per heavy atom. The van der Waals surface area contributed by atoms with Crippen molar-refractivity contribution >= 4 is 21.7 Å². The first-order chi connectivity index (χ1) is 13.3. The molecule has 3 aromatic rings. The molecule has 3 rings (SSSR count). The van der Waals surface area contributed by atoms with Crippen molar-refractivity contribution in [1.82, 2.24) is 15.2 Å². The van der Waals surface area contributed by atoms with Crippen LogP contribution < -0.4 is 9.62 Å². The van der Waals surface area contributed by atoms with Gasteiger partial charge in [0.15, 0.2) is 11.6 Å². The number of aromatic nitrogens is 3. The van der Waals surface area contributed by atoms with E-state index in [0.29, 0.717) is 11.4 Å². The number of nitrogens with zero attached hydrogens (tertiary/aromatic N) is 4. The molecule has 2 aromatic heterocycles. The fourth-order valence-corrected chi connectivity index (χ4v) is 4.06. The molecule has 0 atom stereocenters. The predicted molar refractivity (Wildman–Crippen MR) is 110 cm³/mol.